The van der Waals surface area contributed by atoms with Crippen LogP contribution in [0.5, 0.6) is 0 Å². The van der Waals surface area contributed by atoms with Crippen molar-refractivity contribution in [2.45, 2.75) is 6.54 Å². The Bertz CT molecular complexity index is 1090. The molecule has 0 spiro atoms. The minimum atomic E-state index is -0.283. The molecule has 2 aromatic heterocycles. The number of amides is 1. The topological polar surface area (TPSA) is 62.7 Å². The first kappa shape index (κ1) is 18.0. The molecule has 2 aromatic carbocycles. The number of aromatic amines is 1. The molecule has 28 heavy (non-hydrogen) atoms. The molecule has 0 saturated heterocycles. The molecular weight excluding hydrogens is 379 g/mol. The third-order valence-corrected chi connectivity index (χ3v) is 4.72. The molecule has 0 aliphatic heterocycles. The van der Waals surface area contributed by atoms with Gasteiger partial charge >= 0.3 is 0 Å². The minimum Gasteiger partial charge on any atom is -0.348 e. The van der Waals surface area contributed by atoms with Gasteiger partial charge in [0.25, 0.3) is 5.91 Å². The van der Waals surface area contributed by atoms with Crippen molar-refractivity contribution in [1.82, 2.24) is 20.1 Å². The van der Waals surface area contributed by atoms with Gasteiger partial charge in [-0.1, -0.05) is 35.9 Å². The summed E-state index contributed by atoms with van der Waals surface area (Å²) in [5.74, 6) is 0.192. The second-order valence-corrected chi connectivity index (χ2v) is 6.62. The second-order valence-electron chi connectivity index (χ2n) is 6.22. The molecule has 0 aliphatic rings. The molecule has 0 fully saturated rings. The molecule has 0 bridgehead atoms. The summed E-state index contributed by atoms with van der Waals surface area (Å²) in [6, 6.07) is 15.2. The van der Waals surface area contributed by atoms with Crippen molar-refractivity contribution in [3.8, 4) is 16.9 Å². The number of rotatable bonds is 5. The molecule has 1 amide bonds. The van der Waals surface area contributed by atoms with E-state index in [1.807, 2.05) is 18.3 Å². The van der Waals surface area contributed by atoms with Crippen molar-refractivity contribution in [3.05, 3.63) is 95.2 Å². The summed E-state index contributed by atoms with van der Waals surface area (Å²) in [7, 11) is 0. The highest BCUT2D eigenvalue weighted by molar-refractivity contribution is 6.31. The maximum absolute atomic E-state index is 13.1. The van der Waals surface area contributed by atoms with Crippen molar-refractivity contribution in [2.75, 3.05) is 0 Å². The Morgan fingerprint density at radius 3 is 2.46 bits per heavy atom. The number of H-pyrrole nitrogens is 1. The summed E-state index contributed by atoms with van der Waals surface area (Å²) in [6.45, 7) is 0.291. The lowest BCUT2D eigenvalue weighted by Crippen LogP contribution is -2.23. The summed E-state index contributed by atoms with van der Waals surface area (Å²) in [5.41, 5.74) is 3.01. The fourth-order valence-electron chi connectivity index (χ4n) is 2.74. The van der Waals surface area contributed by atoms with E-state index < -0.39 is 0 Å². The van der Waals surface area contributed by atoms with Crippen LogP contribution in [-0.2, 0) is 6.54 Å². The van der Waals surface area contributed by atoms with Crippen molar-refractivity contribution in [3.63, 3.8) is 0 Å². The van der Waals surface area contributed by atoms with Gasteiger partial charge < -0.3 is 5.32 Å². The van der Waals surface area contributed by atoms with Crippen LogP contribution in [0.15, 0.2) is 73.2 Å². The summed E-state index contributed by atoms with van der Waals surface area (Å²) >= 11 is 6.36. The third-order valence-electron chi connectivity index (χ3n) is 4.36. The van der Waals surface area contributed by atoms with Crippen LogP contribution in [0.1, 0.15) is 15.9 Å². The molecule has 7 heteroatoms. The molecule has 0 radical (unpaired) electrons. The Balaban J connectivity index is 1.42. The van der Waals surface area contributed by atoms with E-state index in [1.165, 1.54) is 18.3 Å². The normalized spacial score (nSPS) is 10.8. The van der Waals surface area contributed by atoms with Gasteiger partial charge in [0.15, 0.2) is 5.82 Å². The SMILES string of the molecule is O=C(NCc1ccc(-c2ccc(F)cc2)cc1Cl)c1ccc(-n2cc[nH]2)nc1. The average molecular weight is 395 g/mol. The molecule has 140 valence electrons. The minimum absolute atomic E-state index is 0.232. The summed E-state index contributed by atoms with van der Waals surface area (Å²) < 4.78 is 14.8. The van der Waals surface area contributed by atoms with E-state index in [4.69, 9.17) is 11.6 Å². The van der Waals surface area contributed by atoms with Crippen LogP contribution < -0.4 is 5.32 Å². The predicted molar refractivity (Wildman–Crippen MR) is 106 cm³/mol. The van der Waals surface area contributed by atoms with Crippen molar-refractivity contribution >= 4 is 17.5 Å². The van der Waals surface area contributed by atoms with Crippen molar-refractivity contribution in [2.24, 2.45) is 0 Å². The van der Waals surface area contributed by atoms with Crippen molar-refractivity contribution < 1.29 is 9.18 Å². The molecule has 0 saturated carbocycles. The zero-order valence-corrected chi connectivity index (χ0v) is 15.4. The molecule has 0 aliphatic carbocycles. The van der Waals surface area contributed by atoms with E-state index in [9.17, 15) is 9.18 Å². The highest BCUT2D eigenvalue weighted by Crippen LogP contribution is 2.26. The van der Waals surface area contributed by atoms with E-state index in [1.54, 1.807) is 41.2 Å². The zero-order valence-electron chi connectivity index (χ0n) is 14.7. The molecule has 2 heterocycles. The number of halogens is 2. The highest BCUT2D eigenvalue weighted by Gasteiger charge is 2.09. The molecule has 2 N–H and O–H groups in total. The van der Waals surface area contributed by atoms with Gasteiger partial charge in [-0.25, -0.2) is 14.1 Å². The number of pyridine rings is 1. The number of hydrogen-bond acceptors (Lipinski definition) is 2. The van der Waals surface area contributed by atoms with Gasteiger partial charge in [0.05, 0.1) is 5.56 Å². The van der Waals surface area contributed by atoms with Crippen LogP contribution in [0.2, 0.25) is 5.02 Å². The predicted octanol–water partition coefficient (Wildman–Crippen LogP) is 4.59. The summed E-state index contributed by atoms with van der Waals surface area (Å²) in [5, 5.41) is 6.32. The largest absolute Gasteiger partial charge is 0.348 e. The highest BCUT2D eigenvalue weighted by atomic mass is 35.5. The lowest BCUT2D eigenvalue weighted by molar-refractivity contribution is 0.0950. The first-order valence-electron chi connectivity index (χ1n) is 8.61. The first-order chi connectivity index (χ1) is 13.6. The van der Waals surface area contributed by atoms with Gasteiger partial charge in [0, 0.05) is 30.2 Å². The first-order valence-corrected chi connectivity index (χ1v) is 8.99. The lowest BCUT2D eigenvalue weighted by Gasteiger charge is -2.11. The van der Waals surface area contributed by atoms with Crippen LogP contribution in [0.25, 0.3) is 16.9 Å². The van der Waals surface area contributed by atoms with Gasteiger partial charge in [0.1, 0.15) is 5.82 Å². The van der Waals surface area contributed by atoms with E-state index in [-0.39, 0.29) is 11.7 Å². The number of hydrogen-bond donors (Lipinski definition) is 2. The Labute approximate surface area is 165 Å². The monoisotopic (exact) mass is 394 g/mol. The molecule has 5 nitrogen and oxygen atoms in total. The van der Waals surface area contributed by atoms with E-state index in [0.29, 0.717) is 22.9 Å². The Morgan fingerprint density at radius 1 is 1.11 bits per heavy atom. The average Bonchev–Trinajstić information content (AvgIpc) is 2.66. The Morgan fingerprint density at radius 2 is 1.86 bits per heavy atom. The smallest absolute Gasteiger partial charge is 0.253 e. The van der Waals surface area contributed by atoms with Gasteiger partial charge in [-0.2, -0.15) is 0 Å². The van der Waals surface area contributed by atoms with E-state index in [2.05, 4.69) is 15.4 Å². The molecule has 0 atom stereocenters. The maximum Gasteiger partial charge on any atom is 0.253 e. The molecule has 4 rings (SSSR count). The molecular formula is C21H16ClFN4O. The maximum atomic E-state index is 13.1. The quantitative estimate of drug-likeness (QED) is 0.520. The van der Waals surface area contributed by atoms with Crippen LogP contribution in [0, 0.1) is 5.82 Å². The third kappa shape index (κ3) is 3.82. The van der Waals surface area contributed by atoms with Crippen LogP contribution in [0.3, 0.4) is 0 Å². The number of benzene rings is 2. The molecule has 0 unspecified atom stereocenters. The Kier molecular flexibility index (Phi) is 4.95. The standard InChI is InChI=1S/C21H16ClFN4O/c22-19-11-15(14-3-6-18(23)7-4-14)1-2-16(19)12-25-21(28)17-5-8-20(24-13-17)27-10-9-26-27/h1-11,13,26H,12H2,(H,25,28). The van der Waals surface area contributed by atoms with Crippen LogP contribution >= 0.6 is 11.6 Å². The number of aromatic nitrogens is 3. The number of carbonyl (C=O) groups is 1. The van der Waals surface area contributed by atoms with E-state index in [0.717, 1.165) is 16.7 Å². The van der Waals surface area contributed by atoms with Crippen LogP contribution in [0.4, 0.5) is 4.39 Å². The number of carbonyl (C=O) groups excluding carboxylic acids is 1. The van der Waals surface area contributed by atoms with Crippen LogP contribution in [-0.4, -0.2) is 20.7 Å². The second kappa shape index (κ2) is 7.70. The fourth-order valence-corrected chi connectivity index (χ4v) is 2.99. The summed E-state index contributed by atoms with van der Waals surface area (Å²) in [6.07, 6.45) is 5.14. The van der Waals surface area contributed by atoms with Gasteiger partial charge in [0.2, 0.25) is 0 Å². The number of nitrogens with one attached hydrogen (secondary N) is 2. The van der Waals surface area contributed by atoms with Gasteiger partial charge in [-0.15, -0.1) is 0 Å². The van der Waals surface area contributed by atoms with Gasteiger partial charge in [-0.05, 0) is 47.0 Å². The zero-order chi connectivity index (χ0) is 19.5. The molecule has 4 aromatic rings. The lowest BCUT2D eigenvalue weighted by atomic mass is 10.0. The summed E-state index contributed by atoms with van der Waals surface area (Å²) in [4.78, 5) is 16.6. The number of nitrogens with zero attached hydrogens (tertiary/aromatic N) is 2. The fraction of sp³-hybridized carbons (Fsp3) is 0.0476. The van der Waals surface area contributed by atoms with E-state index >= 15 is 0 Å². The van der Waals surface area contributed by atoms with Crippen molar-refractivity contribution in [1.29, 1.82) is 0 Å². The van der Waals surface area contributed by atoms with Gasteiger partial charge in [-0.3, -0.25) is 9.89 Å². The Hall–Kier alpha value is -3.38.